The van der Waals surface area contributed by atoms with Gasteiger partial charge in [-0.15, -0.1) is 0 Å². The third-order valence-corrected chi connectivity index (χ3v) is 2.44. The van der Waals surface area contributed by atoms with Crippen LogP contribution in [0.15, 0.2) is 30.3 Å². The maximum absolute atomic E-state index is 11.5. The predicted molar refractivity (Wildman–Crippen MR) is 71.1 cm³/mol. The molecule has 4 N–H and O–H groups in total. The fraction of sp³-hybridized carbons (Fsp3) is 0.385. The summed E-state index contributed by atoms with van der Waals surface area (Å²) in [5.74, 6) is -1.17. The summed E-state index contributed by atoms with van der Waals surface area (Å²) in [4.78, 5) is 22.4. The molecule has 0 heterocycles. The first-order valence-electron chi connectivity index (χ1n) is 6.15. The summed E-state index contributed by atoms with van der Waals surface area (Å²) in [6.07, 6.45) is -0.799. The molecule has 0 unspecified atom stereocenters. The van der Waals surface area contributed by atoms with Crippen molar-refractivity contribution in [1.82, 2.24) is 10.6 Å². The lowest BCUT2D eigenvalue weighted by Crippen LogP contribution is -2.47. The highest BCUT2D eigenvalue weighted by molar-refractivity contribution is 5.80. The SMILES string of the molecule is O=C(N[C@H](CNCCO)C(=O)O)OCc1ccccc1. The van der Waals surface area contributed by atoms with Gasteiger partial charge in [-0.1, -0.05) is 30.3 Å². The van der Waals surface area contributed by atoms with E-state index < -0.39 is 18.1 Å². The monoisotopic (exact) mass is 282 g/mol. The quantitative estimate of drug-likeness (QED) is 0.498. The Morgan fingerprint density at radius 3 is 2.55 bits per heavy atom. The zero-order valence-corrected chi connectivity index (χ0v) is 10.9. The standard InChI is InChI=1S/C13H18N2O5/c16-7-6-14-8-11(12(17)18)15-13(19)20-9-10-4-2-1-3-5-10/h1-5,11,14,16H,6-9H2,(H,15,19)(H,17,18)/t11-/m1/s1. The van der Waals surface area contributed by atoms with Gasteiger partial charge in [0.2, 0.25) is 0 Å². The van der Waals surface area contributed by atoms with Crippen LogP contribution in [0.5, 0.6) is 0 Å². The maximum atomic E-state index is 11.5. The van der Waals surface area contributed by atoms with Gasteiger partial charge in [0.05, 0.1) is 6.61 Å². The van der Waals surface area contributed by atoms with Gasteiger partial charge < -0.3 is 25.6 Å². The third kappa shape index (κ3) is 6.17. The summed E-state index contributed by atoms with van der Waals surface area (Å²) in [7, 11) is 0. The Hall–Kier alpha value is -2.12. The molecule has 0 radical (unpaired) electrons. The van der Waals surface area contributed by atoms with E-state index in [4.69, 9.17) is 14.9 Å². The molecule has 1 aromatic rings. The van der Waals surface area contributed by atoms with Gasteiger partial charge in [-0.2, -0.15) is 0 Å². The molecule has 0 aromatic heterocycles. The molecule has 0 fully saturated rings. The van der Waals surface area contributed by atoms with Gasteiger partial charge in [0.15, 0.2) is 0 Å². The Kier molecular flexibility index (Phi) is 7.08. The number of carboxylic acid groups (broad SMARTS) is 1. The summed E-state index contributed by atoms with van der Waals surface area (Å²) < 4.78 is 4.92. The second kappa shape index (κ2) is 8.89. The van der Waals surface area contributed by atoms with Crippen LogP contribution < -0.4 is 10.6 Å². The Bertz CT molecular complexity index is 424. The van der Waals surface area contributed by atoms with E-state index >= 15 is 0 Å². The van der Waals surface area contributed by atoms with Crippen LogP contribution in [-0.2, 0) is 16.1 Å². The van der Waals surface area contributed by atoms with Gasteiger partial charge in [-0.05, 0) is 5.56 Å². The van der Waals surface area contributed by atoms with Crippen LogP contribution in [0.3, 0.4) is 0 Å². The minimum absolute atomic E-state index is 0.0102. The van der Waals surface area contributed by atoms with Gasteiger partial charge >= 0.3 is 12.1 Å². The summed E-state index contributed by atoms with van der Waals surface area (Å²) in [5.41, 5.74) is 0.813. The number of aliphatic hydroxyl groups is 1. The fourth-order valence-electron chi connectivity index (χ4n) is 1.43. The number of nitrogens with one attached hydrogen (secondary N) is 2. The second-order valence-corrected chi connectivity index (χ2v) is 4.02. The van der Waals surface area contributed by atoms with Crippen LogP contribution in [0.1, 0.15) is 5.56 Å². The molecule has 7 heteroatoms. The van der Waals surface area contributed by atoms with Crippen LogP contribution in [0.2, 0.25) is 0 Å². The summed E-state index contributed by atoms with van der Waals surface area (Å²) in [5, 5.41) is 22.5. The lowest BCUT2D eigenvalue weighted by atomic mass is 10.2. The molecule has 0 bridgehead atoms. The number of alkyl carbamates (subject to hydrolysis) is 1. The van der Waals surface area contributed by atoms with E-state index in [-0.39, 0.29) is 26.3 Å². The fourth-order valence-corrected chi connectivity index (χ4v) is 1.43. The van der Waals surface area contributed by atoms with Crippen molar-refractivity contribution < 1.29 is 24.5 Å². The first-order chi connectivity index (χ1) is 9.63. The lowest BCUT2D eigenvalue weighted by Gasteiger charge is -2.15. The zero-order chi connectivity index (χ0) is 14.8. The number of aliphatic carboxylic acids is 1. The van der Waals surface area contributed by atoms with Crippen molar-refractivity contribution in [2.24, 2.45) is 0 Å². The number of rotatable bonds is 8. The molecule has 1 rings (SSSR count). The van der Waals surface area contributed by atoms with E-state index in [1.54, 1.807) is 12.1 Å². The molecule has 0 aliphatic rings. The Labute approximate surface area is 116 Å². The van der Waals surface area contributed by atoms with Gasteiger partial charge in [-0.25, -0.2) is 9.59 Å². The van der Waals surface area contributed by atoms with Crippen molar-refractivity contribution in [3.63, 3.8) is 0 Å². The van der Waals surface area contributed by atoms with Gasteiger partial charge in [0.1, 0.15) is 12.6 Å². The van der Waals surface area contributed by atoms with Crippen molar-refractivity contribution in [2.75, 3.05) is 19.7 Å². The Morgan fingerprint density at radius 1 is 1.25 bits per heavy atom. The van der Waals surface area contributed by atoms with Gasteiger partial charge in [0.25, 0.3) is 0 Å². The summed E-state index contributed by atoms with van der Waals surface area (Å²) >= 11 is 0. The molecular formula is C13H18N2O5. The number of amides is 1. The minimum Gasteiger partial charge on any atom is -0.480 e. The molecule has 1 aromatic carbocycles. The number of aliphatic hydroxyl groups excluding tert-OH is 1. The second-order valence-electron chi connectivity index (χ2n) is 4.02. The predicted octanol–water partition coefficient (Wildman–Crippen LogP) is -0.0521. The molecule has 0 saturated carbocycles. The van der Waals surface area contributed by atoms with Crippen LogP contribution in [-0.4, -0.2) is 48.0 Å². The number of carboxylic acids is 1. The van der Waals surface area contributed by atoms with E-state index in [2.05, 4.69) is 10.6 Å². The summed E-state index contributed by atoms with van der Waals surface area (Å²) in [6.45, 7) is 0.231. The molecule has 0 spiro atoms. The highest BCUT2D eigenvalue weighted by Gasteiger charge is 2.20. The molecule has 7 nitrogen and oxygen atoms in total. The smallest absolute Gasteiger partial charge is 0.408 e. The van der Waals surface area contributed by atoms with Gasteiger partial charge in [0, 0.05) is 13.1 Å². The van der Waals surface area contributed by atoms with Crippen LogP contribution in [0.4, 0.5) is 4.79 Å². The highest BCUT2D eigenvalue weighted by atomic mass is 16.5. The molecule has 110 valence electrons. The molecule has 0 saturated heterocycles. The number of carbonyl (C=O) groups excluding carboxylic acids is 1. The first-order valence-corrected chi connectivity index (χ1v) is 6.15. The average Bonchev–Trinajstić information content (AvgIpc) is 2.45. The van der Waals surface area contributed by atoms with Crippen LogP contribution in [0.25, 0.3) is 0 Å². The third-order valence-electron chi connectivity index (χ3n) is 2.44. The number of benzene rings is 1. The van der Waals surface area contributed by atoms with Crippen molar-refractivity contribution in [3.05, 3.63) is 35.9 Å². The molecule has 1 atom stereocenters. The van der Waals surface area contributed by atoms with Crippen molar-refractivity contribution in [3.8, 4) is 0 Å². The van der Waals surface area contributed by atoms with E-state index in [0.29, 0.717) is 0 Å². The van der Waals surface area contributed by atoms with E-state index in [1.165, 1.54) is 0 Å². The molecular weight excluding hydrogens is 264 g/mol. The summed E-state index contributed by atoms with van der Waals surface area (Å²) in [6, 6.07) is 7.96. The van der Waals surface area contributed by atoms with E-state index in [1.807, 2.05) is 18.2 Å². The molecule has 0 aliphatic heterocycles. The highest BCUT2D eigenvalue weighted by Crippen LogP contribution is 2.00. The molecule has 1 amide bonds. The largest absolute Gasteiger partial charge is 0.480 e. The normalized spacial score (nSPS) is 11.7. The van der Waals surface area contributed by atoms with Crippen LogP contribution in [0, 0.1) is 0 Å². The van der Waals surface area contributed by atoms with Crippen LogP contribution >= 0.6 is 0 Å². The number of hydrogen-bond donors (Lipinski definition) is 4. The molecule has 0 aliphatic carbocycles. The minimum atomic E-state index is -1.17. The van der Waals surface area contributed by atoms with Crippen molar-refractivity contribution >= 4 is 12.1 Å². The van der Waals surface area contributed by atoms with Crippen molar-refractivity contribution in [2.45, 2.75) is 12.6 Å². The van der Waals surface area contributed by atoms with Crippen molar-refractivity contribution in [1.29, 1.82) is 0 Å². The number of carbonyl (C=O) groups is 2. The maximum Gasteiger partial charge on any atom is 0.408 e. The van der Waals surface area contributed by atoms with E-state index in [0.717, 1.165) is 5.56 Å². The lowest BCUT2D eigenvalue weighted by molar-refractivity contribution is -0.139. The number of ether oxygens (including phenoxy) is 1. The van der Waals surface area contributed by atoms with Gasteiger partial charge in [-0.3, -0.25) is 0 Å². The Morgan fingerprint density at radius 2 is 1.95 bits per heavy atom. The zero-order valence-electron chi connectivity index (χ0n) is 10.9. The number of hydrogen-bond acceptors (Lipinski definition) is 5. The first kappa shape index (κ1) is 15.9. The molecule has 20 heavy (non-hydrogen) atoms. The Balaban J connectivity index is 2.36. The van der Waals surface area contributed by atoms with E-state index in [9.17, 15) is 9.59 Å². The topological polar surface area (TPSA) is 108 Å². The average molecular weight is 282 g/mol.